The highest BCUT2D eigenvalue weighted by molar-refractivity contribution is 6.09. The number of benzene rings is 2. The number of rotatable bonds is 2. The van der Waals surface area contributed by atoms with Gasteiger partial charge in [-0.05, 0) is 29.4 Å². The number of allylic oxidation sites excluding steroid dienone is 8. The van der Waals surface area contributed by atoms with Crippen molar-refractivity contribution in [1.29, 1.82) is 0 Å². The van der Waals surface area contributed by atoms with Gasteiger partial charge in [-0.25, -0.2) is 23.2 Å². The maximum Gasteiger partial charge on any atom is 0.210 e. The number of halogens is 1. The average Bonchev–Trinajstić information content (AvgIpc) is 2.79. The van der Waals surface area contributed by atoms with Gasteiger partial charge in [-0.2, -0.15) is 0 Å². The maximum atomic E-state index is 8.49. The highest BCUT2D eigenvalue weighted by atomic mass is 35.7. The van der Waals surface area contributed by atoms with E-state index in [2.05, 4.69) is 91.5 Å². The number of ether oxygens (including phenoxy) is 1. The first-order valence-electron chi connectivity index (χ1n) is 9.70. The minimum Gasteiger partial charge on any atom is -0.456 e. The molecule has 0 aromatic heterocycles. The van der Waals surface area contributed by atoms with Crippen LogP contribution in [0.1, 0.15) is 11.1 Å². The zero-order valence-electron chi connectivity index (χ0n) is 17.6. The fourth-order valence-electron chi connectivity index (χ4n) is 3.25. The minimum absolute atomic E-state index is 0.861. The minimum atomic E-state index is -4.94. The second kappa shape index (κ2) is 10.4. The molecule has 0 N–H and O–H groups in total. The van der Waals surface area contributed by atoms with E-state index in [1.165, 1.54) is 5.56 Å². The maximum absolute atomic E-state index is 8.49. The van der Waals surface area contributed by atoms with Gasteiger partial charge in [0.1, 0.15) is 25.6 Å². The van der Waals surface area contributed by atoms with E-state index in [0.717, 1.165) is 33.9 Å². The number of nitrogens with zero attached hydrogens (tertiary/aromatic N) is 1. The third-order valence-corrected chi connectivity index (χ3v) is 4.61. The summed E-state index contributed by atoms with van der Waals surface area (Å²) in [4.78, 5) is 0. The lowest BCUT2D eigenvalue weighted by Crippen LogP contribution is -2.68. The molecule has 2 aromatic carbocycles. The Kier molecular flexibility index (Phi) is 7.58. The van der Waals surface area contributed by atoms with Crippen molar-refractivity contribution in [3.05, 3.63) is 120 Å². The number of hydrogen-bond acceptors (Lipinski definition) is 5. The molecular weight excluding hydrogens is 430 g/mol. The Labute approximate surface area is 189 Å². The molecule has 1 aliphatic heterocycles. The molecule has 0 atom stereocenters. The van der Waals surface area contributed by atoms with E-state index >= 15 is 0 Å². The molecular formula is C25H22ClNO5. The first-order valence-corrected chi connectivity index (χ1v) is 10.9. The van der Waals surface area contributed by atoms with Crippen LogP contribution in [0.4, 0.5) is 0 Å². The van der Waals surface area contributed by atoms with Gasteiger partial charge >= 0.3 is 0 Å². The van der Waals surface area contributed by atoms with Crippen molar-refractivity contribution in [3.8, 4) is 0 Å². The van der Waals surface area contributed by atoms with Gasteiger partial charge in [-0.3, -0.25) is 0 Å². The van der Waals surface area contributed by atoms with Gasteiger partial charge in [-0.15, -0.1) is 10.2 Å². The van der Waals surface area contributed by atoms with Crippen molar-refractivity contribution >= 4 is 17.0 Å². The van der Waals surface area contributed by atoms with Gasteiger partial charge in [0.25, 0.3) is 0 Å². The zero-order chi connectivity index (χ0) is 23.1. The Morgan fingerprint density at radius 2 is 1.25 bits per heavy atom. The Hall–Kier alpha value is -3.26. The Bertz CT molecular complexity index is 1130. The van der Waals surface area contributed by atoms with Crippen LogP contribution < -0.4 is 18.6 Å². The van der Waals surface area contributed by atoms with Crippen LogP contribution in [0.2, 0.25) is 0 Å². The topological polar surface area (TPSA) is 104 Å². The van der Waals surface area contributed by atoms with Crippen LogP contribution in [-0.4, -0.2) is 24.4 Å². The third-order valence-electron chi connectivity index (χ3n) is 4.61. The molecule has 2 aliphatic rings. The SMILES string of the molecule is C[N+](C)=C1C=CC=C/C1=C1\C=C(c2ccccc2)C=C(c2ccccc2)O1.[O-][Cl+3]([O-])([O-])[O-]. The summed E-state index contributed by atoms with van der Waals surface area (Å²) in [5.74, 6) is 1.72. The van der Waals surface area contributed by atoms with Crippen molar-refractivity contribution < 1.29 is 38.2 Å². The van der Waals surface area contributed by atoms with E-state index in [1.807, 2.05) is 24.3 Å². The lowest BCUT2D eigenvalue weighted by Gasteiger charge is -2.20. The normalized spacial score (nSPS) is 17.6. The largest absolute Gasteiger partial charge is 0.456 e. The van der Waals surface area contributed by atoms with Crippen LogP contribution in [0, 0.1) is 10.2 Å². The molecule has 32 heavy (non-hydrogen) atoms. The van der Waals surface area contributed by atoms with Crippen LogP contribution >= 0.6 is 0 Å². The molecule has 6 nitrogen and oxygen atoms in total. The highest BCUT2D eigenvalue weighted by Crippen LogP contribution is 2.33. The van der Waals surface area contributed by atoms with Crippen molar-refractivity contribution in [3.63, 3.8) is 0 Å². The summed E-state index contributed by atoms with van der Waals surface area (Å²) >= 11 is 0. The monoisotopic (exact) mass is 451 g/mol. The molecule has 0 bridgehead atoms. The molecule has 1 aliphatic carbocycles. The van der Waals surface area contributed by atoms with Gasteiger partial charge in [0.15, 0.2) is 0 Å². The predicted molar refractivity (Wildman–Crippen MR) is 112 cm³/mol. The van der Waals surface area contributed by atoms with E-state index in [-0.39, 0.29) is 0 Å². The van der Waals surface area contributed by atoms with Crippen molar-refractivity contribution in [2.45, 2.75) is 0 Å². The van der Waals surface area contributed by atoms with Gasteiger partial charge in [0, 0.05) is 11.6 Å². The summed E-state index contributed by atoms with van der Waals surface area (Å²) in [6.45, 7) is 0. The Balaban J connectivity index is 0.000000523. The summed E-state index contributed by atoms with van der Waals surface area (Å²) in [5, 5.41) is 0. The van der Waals surface area contributed by atoms with E-state index in [0.29, 0.717) is 0 Å². The van der Waals surface area contributed by atoms with E-state index in [9.17, 15) is 0 Å². The summed E-state index contributed by atoms with van der Waals surface area (Å²) in [6, 6.07) is 20.7. The summed E-state index contributed by atoms with van der Waals surface area (Å²) in [5.41, 5.74) is 5.60. The van der Waals surface area contributed by atoms with Gasteiger partial charge in [-0.1, -0.05) is 72.8 Å². The molecule has 0 saturated carbocycles. The second-order valence-electron chi connectivity index (χ2n) is 7.10. The van der Waals surface area contributed by atoms with Crippen molar-refractivity contribution in [2.75, 3.05) is 14.1 Å². The van der Waals surface area contributed by atoms with Crippen molar-refractivity contribution in [2.24, 2.45) is 0 Å². The average molecular weight is 452 g/mol. The predicted octanol–water partition coefficient (Wildman–Crippen LogP) is 0.479. The molecule has 0 unspecified atom stereocenters. The quantitative estimate of drug-likeness (QED) is 0.617. The third kappa shape index (κ3) is 6.62. The van der Waals surface area contributed by atoms with E-state index < -0.39 is 10.2 Å². The van der Waals surface area contributed by atoms with Crippen LogP contribution in [0.15, 0.2) is 108 Å². The standard InChI is InChI=1S/C25H22NO.ClHO4/c1-26(2)23-16-10-9-15-22(23)25-18-21(19-11-5-3-6-12-19)17-24(27-25)20-13-7-4-8-14-20;2-1(3,4)5/h3-18H,1-2H3;(H,2,3,4,5)/q+1;/p-1/b25-22-;. The zero-order valence-corrected chi connectivity index (χ0v) is 18.4. The van der Waals surface area contributed by atoms with Gasteiger partial charge in [0.2, 0.25) is 5.71 Å². The van der Waals surface area contributed by atoms with Crippen molar-refractivity contribution in [1.82, 2.24) is 0 Å². The van der Waals surface area contributed by atoms with E-state index in [4.69, 9.17) is 23.4 Å². The molecule has 0 fully saturated rings. The summed E-state index contributed by atoms with van der Waals surface area (Å²) in [6.07, 6.45) is 12.6. The van der Waals surface area contributed by atoms with Crippen LogP contribution in [0.5, 0.6) is 0 Å². The van der Waals surface area contributed by atoms with E-state index in [1.54, 1.807) is 0 Å². The molecule has 7 heteroatoms. The van der Waals surface area contributed by atoms with Crippen LogP contribution in [0.25, 0.3) is 11.3 Å². The highest BCUT2D eigenvalue weighted by Gasteiger charge is 2.22. The van der Waals surface area contributed by atoms with Gasteiger partial charge in [0.05, 0.1) is 5.57 Å². The molecule has 0 saturated heterocycles. The second-order valence-corrected chi connectivity index (χ2v) is 7.85. The van der Waals surface area contributed by atoms with Crippen LogP contribution in [-0.2, 0) is 4.74 Å². The molecule has 0 amide bonds. The lowest BCUT2D eigenvalue weighted by atomic mass is 9.97. The smallest absolute Gasteiger partial charge is 0.210 e. The molecule has 4 rings (SSSR count). The summed E-state index contributed by atoms with van der Waals surface area (Å²) < 4.78 is 42.5. The molecule has 164 valence electrons. The molecule has 1 heterocycles. The summed E-state index contributed by atoms with van der Waals surface area (Å²) in [7, 11) is -0.837. The Morgan fingerprint density at radius 3 is 1.81 bits per heavy atom. The fraction of sp³-hybridized carbons (Fsp3) is 0.0800. The van der Waals surface area contributed by atoms with Gasteiger partial charge < -0.3 is 4.74 Å². The molecule has 0 spiro atoms. The first-order chi connectivity index (χ1) is 15.2. The van der Waals surface area contributed by atoms with Crippen LogP contribution in [0.3, 0.4) is 0 Å². The molecule has 0 radical (unpaired) electrons. The Morgan fingerprint density at radius 1 is 0.719 bits per heavy atom. The first kappa shape index (κ1) is 23.4. The molecule has 2 aromatic rings. The lowest BCUT2D eigenvalue weighted by molar-refractivity contribution is -2.00. The fourth-order valence-corrected chi connectivity index (χ4v) is 3.25. The number of hydrogen-bond donors (Lipinski definition) is 0.